The molecule has 4 nitrogen and oxygen atoms in total. The zero-order valence-electron chi connectivity index (χ0n) is 16.6. The van der Waals surface area contributed by atoms with E-state index in [0.29, 0.717) is 13.2 Å². The summed E-state index contributed by atoms with van der Waals surface area (Å²) in [5.41, 5.74) is 2.13. The summed E-state index contributed by atoms with van der Waals surface area (Å²) in [5, 5.41) is 0. The number of carbonyl (C=O) groups is 1. The number of para-hydroxylation sites is 1. The Balaban J connectivity index is 1.74. The second-order valence-corrected chi connectivity index (χ2v) is 7.16. The molecule has 2 aromatic rings. The summed E-state index contributed by atoms with van der Waals surface area (Å²) in [7, 11) is 0. The van der Waals surface area contributed by atoms with E-state index >= 15 is 0 Å². The zero-order chi connectivity index (χ0) is 19.3. The van der Waals surface area contributed by atoms with Gasteiger partial charge in [-0.25, -0.2) is 0 Å². The van der Waals surface area contributed by atoms with E-state index in [1.165, 1.54) is 0 Å². The van der Waals surface area contributed by atoms with Gasteiger partial charge in [0.1, 0.15) is 0 Å². The molecule has 1 atom stereocenters. The molecule has 0 aromatic heterocycles. The molecule has 0 spiro atoms. The van der Waals surface area contributed by atoms with Crippen molar-refractivity contribution in [2.24, 2.45) is 0 Å². The highest BCUT2D eigenvalue weighted by Crippen LogP contribution is 2.43. The minimum atomic E-state index is -0.908. The van der Waals surface area contributed by atoms with Gasteiger partial charge in [0.25, 0.3) is 5.91 Å². The molecular formula is C23H30N2O2. The summed E-state index contributed by atoms with van der Waals surface area (Å²) in [6, 6.07) is 18.1. The van der Waals surface area contributed by atoms with Crippen LogP contribution in [0.15, 0.2) is 54.6 Å². The average molecular weight is 367 g/mol. The van der Waals surface area contributed by atoms with Gasteiger partial charge in [-0.15, -0.1) is 0 Å². The lowest BCUT2D eigenvalue weighted by molar-refractivity contribution is -0.141. The van der Waals surface area contributed by atoms with Crippen molar-refractivity contribution in [3.63, 3.8) is 0 Å². The summed E-state index contributed by atoms with van der Waals surface area (Å²) < 4.78 is 6.22. The van der Waals surface area contributed by atoms with E-state index in [2.05, 4.69) is 30.9 Å². The third kappa shape index (κ3) is 4.07. The van der Waals surface area contributed by atoms with Gasteiger partial charge in [-0.2, -0.15) is 0 Å². The third-order valence-corrected chi connectivity index (χ3v) is 5.45. The highest BCUT2D eigenvalue weighted by Gasteiger charge is 2.48. The van der Waals surface area contributed by atoms with E-state index in [9.17, 15) is 4.79 Å². The number of ether oxygens (including phenoxy) is 1. The lowest BCUT2D eigenvalue weighted by Crippen LogP contribution is -2.40. The van der Waals surface area contributed by atoms with Crippen LogP contribution in [0.1, 0.15) is 38.3 Å². The quantitative estimate of drug-likeness (QED) is 0.624. The maximum atomic E-state index is 13.3. The van der Waals surface area contributed by atoms with Crippen molar-refractivity contribution in [1.29, 1.82) is 0 Å². The molecule has 0 N–H and O–H groups in total. The molecule has 1 unspecified atom stereocenters. The number of rotatable bonds is 9. The highest BCUT2D eigenvalue weighted by atomic mass is 16.5. The number of amides is 1. The maximum absolute atomic E-state index is 13.3. The Labute approximate surface area is 162 Å². The van der Waals surface area contributed by atoms with E-state index < -0.39 is 5.60 Å². The predicted molar refractivity (Wildman–Crippen MR) is 110 cm³/mol. The van der Waals surface area contributed by atoms with Gasteiger partial charge in [0, 0.05) is 18.7 Å². The lowest BCUT2D eigenvalue weighted by Gasteiger charge is -2.26. The number of carbonyl (C=O) groups excluding carboxylic acids is 1. The number of hydrogen-bond acceptors (Lipinski definition) is 3. The van der Waals surface area contributed by atoms with Crippen LogP contribution in [-0.4, -0.2) is 37.0 Å². The van der Waals surface area contributed by atoms with Crippen molar-refractivity contribution in [3.8, 4) is 0 Å². The largest absolute Gasteiger partial charge is 0.361 e. The molecule has 0 fully saturated rings. The van der Waals surface area contributed by atoms with E-state index in [1.807, 2.05) is 54.3 Å². The van der Waals surface area contributed by atoms with Gasteiger partial charge in [-0.3, -0.25) is 4.79 Å². The van der Waals surface area contributed by atoms with Gasteiger partial charge < -0.3 is 14.5 Å². The van der Waals surface area contributed by atoms with Gasteiger partial charge in [0.05, 0.1) is 12.2 Å². The first kappa shape index (κ1) is 19.6. The van der Waals surface area contributed by atoms with Gasteiger partial charge >= 0.3 is 0 Å². The first-order chi connectivity index (χ1) is 13.1. The molecule has 1 aliphatic rings. The standard InChI is InChI=1S/C23H30N2O2/c1-4-24(5-2)16-11-17-27-23(3)20-14-9-10-15-21(20)25(22(23)26)18-19-12-7-6-8-13-19/h6-10,12-15H,4-5,11,16-18H2,1-3H3. The Morgan fingerprint density at radius 2 is 1.67 bits per heavy atom. The molecule has 1 amide bonds. The minimum Gasteiger partial charge on any atom is -0.361 e. The van der Waals surface area contributed by atoms with Crippen LogP contribution in [0.2, 0.25) is 0 Å². The van der Waals surface area contributed by atoms with Crippen molar-refractivity contribution in [3.05, 3.63) is 65.7 Å². The number of anilines is 1. The molecule has 1 heterocycles. The van der Waals surface area contributed by atoms with Crippen LogP contribution >= 0.6 is 0 Å². The summed E-state index contributed by atoms with van der Waals surface area (Å²) in [5.74, 6) is 0.0235. The Kier molecular flexibility index (Phi) is 6.30. The normalized spacial score (nSPS) is 19.0. The zero-order valence-corrected chi connectivity index (χ0v) is 16.6. The molecule has 0 bridgehead atoms. The fourth-order valence-electron chi connectivity index (χ4n) is 3.76. The third-order valence-electron chi connectivity index (χ3n) is 5.45. The molecule has 144 valence electrons. The number of fused-ring (bicyclic) bond motifs is 1. The molecular weight excluding hydrogens is 336 g/mol. The van der Waals surface area contributed by atoms with Crippen LogP contribution in [-0.2, 0) is 21.7 Å². The Bertz CT molecular complexity index is 758. The van der Waals surface area contributed by atoms with Crippen molar-refractivity contribution in [2.75, 3.05) is 31.1 Å². The SMILES string of the molecule is CCN(CC)CCCOC1(C)C(=O)N(Cc2ccccc2)c2ccccc21. The monoisotopic (exact) mass is 366 g/mol. The summed E-state index contributed by atoms with van der Waals surface area (Å²) >= 11 is 0. The Morgan fingerprint density at radius 1 is 1.00 bits per heavy atom. The van der Waals surface area contributed by atoms with Crippen LogP contribution in [0.3, 0.4) is 0 Å². The van der Waals surface area contributed by atoms with Crippen LogP contribution in [0.4, 0.5) is 5.69 Å². The smallest absolute Gasteiger partial charge is 0.263 e. The van der Waals surface area contributed by atoms with Gasteiger partial charge in [0.15, 0.2) is 5.60 Å². The number of hydrogen-bond donors (Lipinski definition) is 0. The van der Waals surface area contributed by atoms with Crippen molar-refractivity contribution in [1.82, 2.24) is 4.90 Å². The van der Waals surface area contributed by atoms with Crippen LogP contribution in [0.25, 0.3) is 0 Å². The molecule has 0 radical (unpaired) electrons. The minimum absolute atomic E-state index is 0.0235. The molecule has 3 rings (SSSR count). The molecule has 1 aliphatic heterocycles. The fraction of sp³-hybridized carbons (Fsp3) is 0.435. The molecule has 0 aliphatic carbocycles. The first-order valence-corrected chi connectivity index (χ1v) is 9.91. The Hall–Kier alpha value is -2.17. The average Bonchev–Trinajstić information content (AvgIpc) is 2.91. The molecule has 2 aromatic carbocycles. The summed E-state index contributed by atoms with van der Waals surface area (Å²) in [6.07, 6.45) is 0.922. The summed E-state index contributed by atoms with van der Waals surface area (Å²) in [4.78, 5) is 17.5. The Morgan fingerprint density at radius 3 is 2.37 bits per heavy atom. The van der Waals surface area contributed by atoms with E-state index in [1.54, 1.807) is 0 Å². The van der Waals surface area contributed by atoms with E-state index in [0.717, 1.165) is 42.9 Å². The molecule has 0 saturated carbocycles. The first-order valence-electron chi connectivity index (χ1n) is 9.91. The van der Waals surface area contributed by atoms with Crippen LogP contribution < -0.4 is 4.90 Å². The van der Waals surface area contributed by atoms with Crippen molar-refractivity contribution in [2.45, 2.75) is 39.3 Å². The predicted octanol–water partition coefficient (Wildman–Crippen LogP) is 4.20. The van der Waals surface area contributed by atoms with Crippen LogP contribution in [0.5, 0.6) is 0 Å². The lowest BCUT2D eigenvalue weighted by atomic mass is 9.97. The molecule has 27 heavy (non-hydrogen) atoms. The molecule has 4 heteroatoms. The highest BCUT2D eigenvalue weighted by molar-refractivity contribution is 6.06. The summed E-state index contributed by atoms with van der Waals surface area (Å²) in [6.45, 7) is 10.5. The van der Waals surface area contributed by atoms with Crippen LogP contribution in [0, 0.1) is 0 Å². The second kappa shape index (κ2) is 8.68. The number of nitrogens with zero attached hydrogens (tertiary/aromatic N) is 2. The molecule has 0 saturated heterocycles. The topological polar surface area (TPSA) is 32.8 Å². The maximum Gasteiger partial charge on any atom is 0.263 e. The van der Waals surface area contributed by atoms with Crippen molar-refractivity contribution >= 4 is 11.6 Å². The van der Waals surface area contributed by atoms with Gasteiger partial charge in [-0.05, 0) is 38.1 Å². The van der Waals surface area contributed by atoms with E-state index in [4.69, 9.17) is 4.74 Å². The van der Waals surface area contributed by atoms with Gasteiger partial charge in [-0.1, -0.05) is 62.4 Å². The fourth-order valence-corrected chi connectivity index (χ4v) is 3.76. The van der Waals surface area contributed by atoms with Gasteiger partial charge in [0.2, 0.25) is 0 Å². The second-order valence-electron chi connectivity index (χ2n) is 7.16. The van der Waals surface area contributed by atoms with Crippen molar-refractivity contribution < 1.29 is 9.53 Å². The number of benzene rings is 2. The van der Waals surface area contributed by atoms with E-state index in [-0.39, 0.29) is 5.91 Å².